The van der Waals surface area contributed by atoms with Crippen molar-refractivity contribution in [2.24, 2.45) is 5.92 Å². The summed E-state index contributed by atoms with van der Waals surface area (Å²) >= 11 is 5.51. The fourth-order valence-corrected chi connectivity index (χ4v) is 4.33. The number of nitrogens with one attached hydrogen (secondary N) is 1. The second-order valence-corrected chi connectivity index (χ2v) is 6.97. The largest absolute Gasteiger partial charge is 0.369 e. The lowest BCUT2D eigenvalue weighted by Gasteiger charge is -2.26. The molecule has 0 aromatic carbocycles. The van der Waals surface area contributed by atoms with Gasteiger partial charge in [-0.3, -0.25) is 0 Å². The Morgan fingerprint density at radius 3 is 3.00 bits per heavy atom. The van der Waals surface area contributed by atoms with Crippen molar-refractivity contribution in [1.29, 1.82) is 0 Å². The highest BCUT2D eigenvalue weighted by molar-refractivity contribution is 9.10. The fourth-order valence-electron chi connectivity index (χ4n) is 2.37. The van der Waals surface area contributed by atoms with Crippen molar-refractivity contribution in [2.75, 3.05) is 11.9 Å². The van der Waals surface area contributed by atoms with Gasteiger partial charge in [0.2, 0.25) is 0 Å². The van der Waals surface area contributed by atoms with Crippen LogP contribution >= 0.6 is 27.7 Å². The zero-order valence-electron chi connectivity index (χ0n) is 10.9. The number of thioether (sulfide) groups is 1. The van der Waals surface area contributed by atoms with E-state index in [-0.39, 0.29) is 0 Å². The van der Waals surface area contributed by atoms with Gasteiger partial charge in [0.05, 0.1) is 4.47 Å². The van der Waals surface area contributed by atoms with Gasteiger partial charge in [0.1, 0.15) is 17.2 Å². The number of hydrogen-bond donors (Lipinski definition) is 1. The van der Waals surface area contributed by atoms with E-state index >= 15 is 0 Å². The maximum Gasteiger partial charge on any atom is 0.144 e. The lowest BCUT2D eigenvalue weighted by atomic mass is 9.91. The van der Waals surface area contributed by atoms with Gasteiger partial charge >= 0.3 is 0 Å². The second kappa shape index (κ2) is 6.75. The molecule has 0 bridgehead atoms. The monoisotopic (exact) mass is 329 g/mol. The smallest absolute Gasteiger partial charge is 0.144 e. The van der Waals surface area contributed by atoms with E-state index in [1.807, 2.05) is 11.8 Å². The third-order valence-electron chi connectivity index (χ3n) is 3.27. The number of anilines is 1. The highest BCUT2D eigenvalue weighted by Gasteiger charge is 2.21. The molecule has 0 radical (unpaired) electrons. The van der Waals surface area contributed by atoms with Crippen LogP contribution in [0.4, 0.5) is 5.82 Å². The molecule has 0 amide bonds. The van der Waals surface area contributed by atoms with Crippen molar-refractivity contribution in [1.82, 2.24) is 9.97 Å². The van der Waals surface area contributed by atoms with Crippen LogP contribution in [0.15, 0.2) is 15.8 Å². The number of nitrogens with zero attached hydrogens (tertiary/aromatic N) is 2. The molecule has 1 aliphatic carbocycles. The molecule has 0 spiro atoms. The Labute approximate surface area is 122 Å². The van der Waals surface area contributed by atoms with Crippen LogP contribution in [-0.4, -0.2) is 21.8 Å². The Kier molecular flexibility index (Phi) is 5.30. The van der Waals surface area contributed by atoms with Crippen molar-refractivity contribution in [3.05, 3.63) is 10.8 Å². The summed E-state index contributed by atoms with van der Waals surface area (Å²) in [6.07, 6.45) is 6.99. The van der Waals surface area contributed by atoms with Crippen LogP contribution in [-0.2, 0) is 0 Å². The molecular formula is C13H20BrN3S. The first-order valence-electron chi connectivity index (χ1n) is 6.61. The SMILES string of the molecule is CCNc1ncnc(SC2CCCC(C)C2)c1Br. The molecule has 100 valence electrons. The zero-order valence-corrected chi connectivity index (χ0v) is 13.4. The Bertz CT molecular complexity index is 400. The molecule has 2 rings (SSSR count). The summed E-state index contributed by atoms with van der Waals surface area (Å²) in [5, 5.41) is 5.02. The van der Waals surface area contributed by atoms with E-state index in [0.29, 0.717) is 5.25 Å². The van der Waals surface area contributed by atoms with Crippen LogP contribution < -0.4 is 5.32 Å². The number of aromatic nitrogens is 2. The molecule has 1 N–H and O–H groups in total. The number of halogens is 1. The van der Waals surface area contributed by atoms with Crippen molar-refractivity contribution in [2.45, 2.75) is 49.8 Å². The van der Waals surface area contributed by atoms with Gasteiger partial charge in [0.25, 0.3) is 0 Å². The molecule has 0 saturated heterocycles. The first kappa shape index (κ1) is 14.1. The quantitative estimate of drug-likeness (QED) is 0.833. The van der Waals surface area contributed by atoms with Gasteiger partial charge in [0.15, 0.2) is 0 Å². The van der Waals surface area contributed by atoms with E-state index in [1.54, 1.807) is 6.33 Å². The molecule has 18 heavy (non-hydrogen) atoms. The van der Waals surface area contributed by atoms with E-state index in [1.165, 1.54) is 25.7 Å². The van der Waals surface area contributed by atoms with Gasteiger partial charge in [-0.25, -0.2) is 9.97 Å². The highest BCUT2D eigenvalue weighted by atomic mass is 79.9. The predicted octanol–water partition coefficient (Wildman–Crippen LogP) is 4.34. The first-order valence-corrected chi connectivity index (χ1v) is 8.29. The minimum absolute atomic E-state index is 0.703. The average molecular weight is 330 g/mol. The van der Waals surface area contributed by atoms with E-state index in [9.17, 15) is 0 Å². The van der Waals surface area contributed by atoms with Gasteiger partial charge in [-0.1, -0.05) is 19.8 Å². The summed E-state index contributed by atoms with van der Waals surface area (Å²) in [4.78, 5) is 8.66. The van der Waals surface area contributed by atoms with E-state index in [2.05, 4.69) is 45.1 Å². The normalized spacial score (nSPS) is 23.9. The van der Waals surface area contributed by atoms with Crippen LogP contribution in [0.5, 0.6) is 0 Å². The Hall–Kier alpha value is -0.290. The van der Waals surface area contributed by atoms with Crippen LogP contribution in [0.3, 0.4) is 0 Å². The Morgan fingerprint density at radius 2 is 2.28 bits per heavy atom. The molecule has 1 heterocycles. The summed E-state index contributed by atoms with van der Waals surface area (Å²) in [5.74, 6) is 1.75. The van der Waals surface area contributed by atoms with E-state index < -0.39 is 0 Å². The van der Waals surface area contributed by atoms with Crippen molar-refractivity contribution in [3.8, 4) is 0 Å². The highest BCUT2D eigenvalue weighted by Crippen LogP contribution is 2.39. The summed E-state index contributed by atoms with van der Waals surface area (Å²) in [5.41, 5.74) is 0. The van der Waals surface area contributed by atoms with Crippen LogP contribution in [0.1, 0.15) is 39.5 Å². The van der Waals surface area contributed by atoms with Gasteiger partial charge in [-0.15, -0.1) is 11.8 Å². The number of rotatable bonds is 4. The maximum atomic E-state index is 4.41. The summed E-state index contributed by atoms with van der Waals surface area (Å²) in [7, 11) is 0. The molecule has 2 atom stereocenters. The van der Waals surface area contributed by atoms with Crippen LogP contribution in [0.2, 0.25) is 0 Å². The van der Waals surface area contributed by atoms with Crippen molar-refractivity contribution in [3.63, 3.8) is 0 Å². The third-order valence-corrected chi connectivity index (χ3v) is 5.58. The molecule has 3 nitrogen and oxygen atoms in total. The molecule has 2 unspecified atom stereocenters. The third kappa shape index (κ3) is 3.60. The van der Waals surface area contributed by atoms with E-state index in [4.69, 9.17) is 0 Å². The lowest BCUT2D eigenvalue weighted by molar-refractivity contribution is 0.394. The van der Waals surface area contributed by atoms with Gasteiger partial charge in [0, 0.05) is 11.8 Å². The van der Waals surface area contributed by atoms with Crippen molar-refractivity contribution < 1.29 is 0 Å². The van der Waals surface area contributed by atoms with E-state index in [0.717, 1.165) is 27.8 Å². The second-order valence-electron chi connectivity index (χ2n) is 4.88. The molecule has 1 aromatic rings. The van der Waals surface area contributed by atoms with Crippen LogP contribution in [0.25, 0.3) is 0 Å². The minimum Gasteiger partial charge on any atom is -0.369 e. The summed E-state index contributed by atoms with van der Waals surface area (Å²) < 4.78 is 1.01. The minimum atomic E-state index is 0.703. The molecule has 0 aliphatic heterocycles. The topological polar surface area (TPSA) is 37.8 Å². The molecular weight excluding hydrogens is 310 g/mol. The maximum absolute atomic E-state index is 4.41. The van der Waals surface area contributed by atoms with Gasteiger partial charge in [-0.2, -0.15) is 0 Å². The predicted molar refractivity (Wildman–Crippen MR) is 81.2 cm³/mol. The van der Waals surface area contributed by atoms with Crippen LogP contribution in [0, 0.1) is 5.92 Å². The molecule has 1 aliphatic rings. The van der Waals surface area contributed by atoms with Gasteiger partial charge in [-0.05, 0) is 41.6 Å². The molecule has 1 fully saturated rings. The molecule has 1 saturated carbocycles. The Morgan fingerprint density at radius 1 is 1.44 bits per heavy atom. The summed E-state index contributed by atoms with van der Waals surface area (Å²) in [6.45, 7) is 5.30. The zero-order chi connectivity index (χ0) is 13.0. The fraction of sp³-hybridized carbons (Fsp3) is 0.692. The Balaban J connectivity index is 2.06. The molecule has 1 aromatic heterocycles. The van der Waals surface area contributed by atoms with Gasteiger partial charge < -0.3 is 5.32 Å². The summed E-state index contributed by atoms with van der Waals surface area (Å²) in [6, 6.07) is 0. The first-order chi connectivity index (χ1) is 8.70. The standard InChI is InChI=1S/C13H20BrN3S/c1-3-15-12-11(14)13(17-8-16-12)18-10-6-4-5-9(2)7-10/h8-10H,3-7H2,1-2H3,(H,15,16,17). The molecule has 5 heteroatoms. The van der Waals surface area contributed by atoms with Crippen molar-refractivity contribution >= 4 is 33.5 Å². The average Bonchev–Trinajstić information content (AvgIpc) is 2.35. The lowest BCUT2D eigenvalue weighted by Crippen LogP contribution is -2.15. The number of hydrogen-bond acceptors (Lipinski definition) is 4.